The molecule has 0 radical (unpaired) electrons. The molecule has 0 spiro atoms. The minimum absolute atomic E-state index is 0.0187. The van der Waals surface area contributed by atoms with Gasteiger partial charge in [0.2, 0.25) is 0 Å². The van der Waals surface area contributed by atoms with E-state index in [1.807, 2.05) is 19.1 Å². The normalized spacial score (nSPS) is 12.5. The van der Waals surface area contributed by atoms with Crippen molar-refractivity contribution < 1.29 is 5.11 Å². The van der Waals surface area contributed by atoms with E-state index >= 15 is 0 Å². The maximum absolute atomic E-state index is 9.95. The molecule has 1 unspecified atom stereocenters. The molecular weight excluding hydrogens is 294 g/mol. The fourth-order valence-corrected chi connectivity index (χ4v) is 2.78. The van der Waals surface area contributed by atoms with Crippen LogP contribution in [0.3, 0.4) is 0 Å². The number of phenolic OH excluding ortho intramolecular Hbond substituents is 1. The van der Waals surface area contributed by atoms with Crippen LogP contribution in [0.2, 0.25) is 5.02 Å². The van der Waals surface area contributed by atoms with Crippen molar-refractivity contribution in [2.24, 2.45) is 0 Å². The lowest BCUT2D eigenvalue weighted by Gasteiger charge is -2.16. The molecule has 2 N–H and O–H groups in total. The number of aromatic hydroxyl groups is 1. The van der Waals surface area contributed by atoms with E-state index in [-0.39, 0.29) is 11.8 Å². The summed E-state index contributed by atoms with van der Waals surface area (Å²) >= 11 is 6.00. The first kappa shape index (κ1) is 14.9. The lowest BCUT2D eigenvalue weighted by Crippen LogP contribution is -2.18. The van der Waals surface area contributed by atoms with Crippen molar-refractivity contribution >= 4 is 22.4 Å². The van der Waals surface area contributed by atoms with Gasteiger partial charge in [-0.05, 0) is 47.5 Å². The Balaban J connectivity index is 1.74. The second-order valence-electron chi connectivity index (χ2n) is 5.49. The second kappa shape index (κ2) is 6.39. The average molecular weight is 312 g/mol. The molecule has 0 saturated heterocycles. The molecule has 0 aromatic heterocycles. The Kier molecular flexibility index (Phi) is 4.32. The van der Waals surface area contributed by atoms with Gasteiger partial charge in [0.15, 0.2) is 0 Å². The highest BCUT2D eigenvalue weighted by atomic mass is 35.5. The minimum Gasteiger partial charge on any atom is -0.508 e. The Morgan fingerprint density at radius 3 is 2.59 bits per heavy atom. The molecule has 1 atom stereocenters. The molecule has 0 bridgehead atoms. The summed E-state index contributed by atoms with van der Waals surface area (Å²) in [6, 6.07) is 19.9. The van der Waals surface area contributed by atoms with Crippen molar-refractivity contribution in [1.29, 1.82) is 0 Å². The molecular formula is C19H18ClNO. The molecule has 0 aliphatic carbocycles. The van der Waals surface area contributed by atoms with Crippen molar-refractivity contribution in [2.45, 2.75) is 19.5 Å². The Labute approximate surface area is 135 Å². The second-order valence-corrected chi connectivity index (χ2v) is 5.92. The summed E-state index contributed by atoms with van der Waals surface area (Å²) in [5.41, 5.74) is 2.03. The van der Waals surface area contributed by atoms with Crippen LogP contribution in [-0.4, -0.2) is 5.11 Å². The Morgan fingerprint density at radius 2 is 1.77 bits per heavy atom. The van der Waals surface area contributed by atoms with Gasteiger partial charge in [-0.3, -0.25) is 0 Å². The molecule has 0 fully saturated rings. The molecule has 0 heterocycles. The first-order valence-corrected chi connectivity index (χ1v) is 7.71. The van der Waals surface area contributed by atoms with Crippen LogP contribution >= 0.6 is 11.6 Å². The largest absolute Gasteiger partial charge is 0.508 e. The monoisotopic (exact) mass is 311 g/mol. The third-order valence-electron chi connectivity index (χ3n) is 3.88. The van der Waals surface area contributed by atoms with E-state index in [0.717, 1.165) is 12.1 Å². The fraction of sp³-hybridized carbons (Fsp3) is 0.158. The number of hydrogen-bond donors (Lipinski definition) is 2. The van der Waals surface area contributed by atoms with Crippen LogP contribution in [0.15, 0.2) is 60.7 Å². The van der Waals surface area contributed by atoms with Crippen molar-refractivity contribution in [3.05, 3.63) is 76.8 Å². The van der Waals surface area contributed by atoms with Crippen LogP contribution in [0.5, 0.6) is 5.75 Å². The van der Waals surface area contributed by atoms with E-state index < -0.39 is 0 Å². The standard InChI is InChI=1S/C19H18ClNO/c1-13(18-11-17(20)8-9-19(18)22)21-12-14-6-7-15-4-2-3-5-16(15)10-14/h2-11,13,21-22H,12H2,1H3. The zero-order valence-corrected chi connectivity index (χ0v) is 13.1. The molecule has 3 rings (SSSR count). The van der Waals surface area contributed by atoms with E-state index in [1.54, 1.807) is 18.2 Å². The smallest absolute Gasteiger partial charge is 0.120 e. The Hall–Kier alpha value is -2.03. The lowest BCUT2D eigenvalue weighted by atomic mass is 10.1. The predicted molar refractivity (Wildman–Crippen MR) is 92.3 cm³/mol. The van der Waals surface area contributed by atoms with Crippen LogP contribution in [0.1, 0.15) is 24.1 Å². The number of phenols is 1. The molecule has 0 aliphatic heterocycles. The van der Waals surface area contributed by atoms with E-state index in [4.69, 9.17) is 11.6 Å². The SMILES string of the molecule is CC(NCc1ccc2ccccc2c1)c1cc(Cl)ccc1O. The number of hydrogen-bond acceptors (Lipinski definition) is 2. The summed E-state index contributed by atoms with van der Waals surface area (Å²) in [6.45, 7) is 2.75. The first-order valence-electron chi connectivity index (χ1n) is 7.33. The minimum atomic E-state index is 0.0187. The van der Waals surface area contributed by atoms with E-state index in [0.29, 0.717) is 5.02 Å². The first-order chi connectivity index (χ1) is 10.6. The summed E-state index contributed by atoms with van der Waals surface area (Å²) in [6.07, 6.45) is 0. The van der Waals surface area contributed by atoms with Crippen LogP contribution in [0.4, 0.5) is 0 Å². The molecule has 0 saturated carbocycles. The van der Waals surface area contributed by atoms with Gasteiger partial charge in [0.1, 0.15) is 5.75 Å². The maximum atomic E-state index is 9.95. The van der Waals surface area contributed by atoms with Crippen molar-refractivity contribution in [3.63, 3.8) is 0 Å². The van der Waals surface area contributed by atoms with Gasteiger partial charge < -0.3 is 10.4 Å². The topological polar surface area (TPSA) is 32.3 Å². The number of nitrogens with one attached hydrogen (secondary N) is 1. The summed E-state index contributed by atoms with van der Waals surface area (Å²) < 4.78 is 0. The molecule has 3 heteroatoms. The summed E-state index contributed by atoms with van der Waals surface area (Å²) in [5, 5.41) is 16.5. The number of halogens is 1. The zero-order chi connectivity index (χ0) is 15.5. The van der Waals surface area contributed by atoms with Gasteiger partial charge in [-0.15, -0.1) is 0 Å². The molecule has 3 aromatic rings. The quantitative estimate of drug-likeness (QED) is 0.706. The lowest BCUT2D eigenvalue weighted by molar-refractivity contribution is 0.452. The van der Waals surface area contributed by atoms with Gasteiger partial charge in [0.05, 0.1) is 0 Å². The average Bonchev–Trinajstić information content (AvgIpc) is 2.54. The van der Waals surface area contributed by atoms with E-state index in [2.05, 4.69) is 35.6 Å². The van der Waals surface area contributed by atoms with E-state index in [9.17, 15) is 5.11 Å². The maximum Gasteiger partial charge on any atom is 0.120 e. The number of benzene rings is 3. The van der Waals surface area contributed by atoms with Gasteiger partial charge in [-0.2, -0.15) is 0 Å². The van der Waals surface area contributed by atoms with Crippen molar-refractivity contribution in [1.82, 2.24) is 5.32 Å². The van der Waals surface area contributed by atoms with E-state index in [1.165, 1.54) is 16.3 Å². The third-order valence-corrected chi connectivity index (χ3v) is 4.12. The highest BCUT2D eigenvalue weighted by molar-refractivity contribution is 6.30. The van der Waals surface area contributed by atoms with Crippen molar-refractivity contribution in [2.75, 3.05) is 0 Å². The van der Waals surface area contributed by atoms with Gasteiger partial charge in [-0.1, -0.05) is 48.0 Å². The van der Waals surface area contributed by atoms with Gasteiger partial charge in [0, 0.05) is 23.2 Å². The molecule has 112 valence electrons. The van der Waals surface area contributed by atoms with Gasteiger partial charge in [-0.25, -0.2) is 0 Å². The molecule has 22 heavy (non-hydrogen) atoms. The summed E-state index contributed by atoms with van der Waals surface area (Å²) in [4.78, 5) is 0. The predicted octanol–water partition coefficient (Wildman–Crippen LogP) is 5.05. The van der Waals surface area contributed by atoms with Crippen LogP contribution in [-0.2, 0) is 6.54 Å². The fourth-order valence-electron chi connectivity index (χ4n) is 2.60. The molecule has 3 aromatic carbocycles. The number of fused-ring (bicyclic) bond motifs is 1. The van der Waals surface area contributed by atoms with Gasteiger partial charge in [0.25, 0.3) is 0 Å². The Bertz CT molecular complexity index is 800. The molecule has 0 amide bonds. The number of rotatable bonds is 4. The third kappa shape index (κ3) is 3.24. The Morgan fingerprint density at radius 1 is 1.00 bits per heavy atom. The summed E-state index contributed by atoms with van der Waals surface area (Å²) in [5.74, 6) is 0.267. The molecule has 0 aliphatic rings. The zero-order valence-electron chi connectivity index (χ0n) is 12.4. The highest BCUT2D eigenvalue weighted by Gasteiger charge is 2.10. The highest BCUT2D eigenvalue weighted by Crippen LogP contribution is 2.27. The molecule has 2 nitrogen and oxygen atoms in total. The van der Waals surface area contributed by atoms with Gasteiger partial charge >= 0.3 is 0 Å². The van der Waals surface area contributed by atoms with Crippen LogP contribution in [0, 0.1) is 0 Å². The summed E-state index contributed by atoms with van der Waals surface area (Å²) in [7, 11) is 0. The van der Waals surface area contributed by atoms with Crippen LogP contribution in [0.25, 0.3) is 10.8 Å². The van der Waals surface area contributed by atoms with Crippen molar-refractivity contribution in [3.8, 4) is 5.75 Å². The van der Waals surface area contributed by atoms with Crippen LogP contribution < -0.4 is 5.32 Å².